The maximum atomic E-state index is 12.7. The number of halogens is 1. The smallest absolute Gasteiger partial charge is 0.341 e. The lowest BCUT2D eigenvalue weighted by Gasteiger charge is -2.19. The lowest BCUT2D eigenvalue weighted by atomic mass is 10.0. The first-order chi connectivity index (χ1) is 11.8. The number of aliphatic hydroxyl groups excluding tert-OH is 1. The fraction of sp³-hybridized carbons (Fsp3) is 0.412. The summed E-state index contributed by atoms with van der Waals surface area (Å²) in [5, 5.41) is 21.5. The Kier molecular flexibility index (Phi) is 7.92. The van der Waals surface area contributed by atoms with Gasteiger partial charge in [0.05, 0.1) is 36.9 Å². The number of nitrogens with one attached hydrogen (secondary N) is 1. The molecule has 0 bridgehead atoms. The average molecular weight is 416 g/mol. The molecular weight excluding hydrogens is 394 g/mol. The second kappa shape index (κ2) is 9.43. The first-order valence-electron chi connectivity index (χ1n) is 7.53. The Morgan fingerprint density at radius 3 is 2.28 bits per heavy atom. The van der Waals surface area contributed by atoms with E-state index in [1.165, 1.54) is 26.4 Å². The second-order valence-corrected chi connectivity index (χ2v) is 6.43. The number of aliphatic carboxylic acids is 1. The fourth-order valence-corrected chi connectivity index (χ4v) is 2.56. The summed E-state index contributed by atoms with van der Waals surface area (Å²) in [5.41, 5.74) is -0.384. The molecule has 8 heteroatoms. The van der Waals surface area contributed by atoms with E-state index in [-0.39, 0.29) is 29.9 Å². The molecule has 7 nitrogen and oxygen atoms in total. The van der Waals surface area contributed by atoms with E-state index in [0.717, 1.165) is 6.20 Å². The van der Waals surface area contributed by atoms with Crippen LogP contribution in [0.1, 0.15) is 24.2 Å². The zero-order chi connectivity index (χ0) is 19.1. The number of carboxylic acids is 1. The van der Waals surface area contributed by atoms with E-state index in [2.05, 4.69) is 21.2 Å². The zero-order valence-corrected chi connectivity index (χ0v) is 16.1. The molecule has 0 fully saturated rings. The van der Waals surface area contributed by atoms with Gasteiger partial charge in [0.2, 0.25) is 5.78 Å². The highest BCUT2D eigenvalue weighted by Crippen LogP contribution is 2.34. The molecule has 1 unspecified atom stereocenters. The molecule has 0 amide bonds. The predicted octanol–water partition coefficient (Wildman–Crippen LogP) is 2.22. The summed E-state index contributed by atoms with van der Waals surface area (Å²) < 4.78 is 10.8. The van der Waals surface area contributed by atoms with E-state index in [1.807, 2.05) is 13.8 Å². The molecule has 0 saturated heterocycles. The van der Waals surface area contributed by atoms with Crippen LogP contribution in [-0.4, -0.2) is 48.8 Å². The monoisotopic (exact) mass is 415 g/mol. The van der Waals surface area contributed by atoms with E-state index in [1.54, 1.807) is 0 Å². The molecule has 25 heavy (non-hydrogen) atoms. The Balaban J connectivity index is 3.28. The average Bonchev–Trinajstić information content (AvgIpc) is 2.57. The molecule has 0 heterocycles. The number of Topliss-reactive ketones (excluding diaryl/α,β-unsaturated/α-hetero) is 1. The van der Waals surface area contributed by atoms with Crippen LogP contribution < -0.4 is 14.8 Å². The minimum atomic E-state index is -1.38. The molecule has 0 aromatic heterocycles. The lowest BCUT2D eigenvalue weighted by molar-refractivity contribution is -0.132. The zero-order valence-electron chi connectivity index (χ0n) is 14.5. The number of carboxylic acid groups (broad SMARTS) is 1. The van der Waals surface area contributed by atoms with E-state index in [9.17, 15) is 19.8 Å². The Morgan fingerprint density at radius 2 is 1.84 bits per heavy atom. The molecule has 0 radical (unpaired) electrons. The highest BCUT2D eigenvalue weighted by Gasteiger charge is 2.24. The molecule has 0 aliphatic rings. The van der Waals surface area contributed by atoms with Gasteiger partial charge in [0, 0.05) is 12.3 Å². The fourth-order valence-electron chi connectivity index (χ4n) is 2.05. The Morgan fingerprint density at radius 1 is 1.24 bits per heavy atom. The van der Waals surface area contributed by atoms with Gasteiger partial charge in [0.25, 0.3) is 0 Å². The third kappa shape index (κ3) is 5.20. The summed E-state index contributed by atoms with van der Waals surface area (Å²) in [5.74, 6) is -1.41. The van der Waals surface area contributed by atoms with Crippen LogP contribution in [0.2, 0.25) is 0 Å². The summed E-state index contributed by atoms with van der Waals surface area (Å²) in [6, 6.07) is 2.57. The van der Waals surface area contributed by atoms with Gasteiger partial charge in [0.1, 0.15) is 17.1 Å². The van der Waals surface area contributed by atoms with Gasteiger partial charge in [-0.25, -0.2) is 4.79 Å². The Bertz CT molecular complexity index is 671. The van der Waals surface area contributed by atoms with Gasteiger partial charge in [0.15, 0.2) is 0 Å². The molecule has 1 aromatic carbocycles. The van der Waals surface area contributed by atoms with Crippen LogP contribution in [0.3, 0.4) is 0 Å². The summed E-state index contributed by atoms with van der Waals surface area (Å²) in [6.07, 6.45) is 1.11. The van der Waals surface area contributed by atoms with Crippen LogP contribution in [0.15, 0.2) is 28.4 Å². The number of ketones is 1. The number of rotatable bonds is 9. The number of hydrogen-bond donors (Lipinski definition) is 3. The van der Waals surface area contributed by atoms with E-state index < -0.39 is 17.3 Å². The first-order valence-corrected chi connectivity index (χ1v) is 8.32. The van der Waals surface area contributed by atoms with Crippen LogP contribution >= 0.6 is 15.9 Å². The highest BCUT2D eigenvalue weighted by molar-refractivity contribution is 9.10. The van der Waals surface area contributed by atoms with Crippen molar-refractivity contribution in [1.82, 2.24) is 5.32 Å². The summed E-state index contributed by atoms with van der Waals surface area (Å²) in [6.45, 7) is 3.55. The quantitative estimate of drug-likeness (QED) is 0.245. The maximum Gasteiger partial charge on any atom is 0.341 e. The normalized spacial score (nSPS) is 12.7. The van der Waals surface area contributed by atoms with Gasteiger partial charge in [-0.1, -0.05) is 13.8 Å². The second-order valence-electron chi connectivity index (χ2n) is 5.58. The summed E-state index contributed by atoms with van der Waals surface area (Å²) >= 11 is 3.27. The molecule has 0 spiro atoms. The Hall–Kier alpha value is -2.06. The van der Waals surface area contributed by atoms with Crippen molar-refractivity contribution in [2.75, 3.05) is 20.8 Å². The maximum absolute atomic E-state index is 12.7. The molecule has 1 aromatic rings. The lowest BCUT2D eigenvalue weighted by Crippen LogP contribution is -2.34. The molecule has 1 rings (SSSR count). The van der Waals surface area contributed by atoms with Crippen molar-refractivity contribution in [1.29, 1.82) is 0 Å². The molecule has 0 saturated carbocycles. The van der Waals surface area contributed by atoms with Crippen LogP contribution in [0.25, 0.3) is 0 Å². The molecule has 0 aliphatic carbocycles. The largest absolute Gasteiger partial charge is 0.496 e. The van der Waals surface area contributed by atoms with E-state index in [0.29, 0.717) is 10.2 Å². The standard InChI is InChI=1S/C17H22BrNO6/c1-9(2)13(8-20)19-7-11(17(22)23)16(21)10-5-12(18)15(25-4)6-14(10)24-3/h5-7,9,13,19-20H,8H2,1-4H3,(H,22,23)/b11-7+. The van der Waals surface area contributed by atoms with Crippen molar-refractivity contribution in [3.05, 3.63) is 33.9 Å². The number of carbonyl (C=O) groups excluding carboxylic acids is 1. The van der Waals surface area contributed by atoms with Gasteiger partial charge >= 0.3 is 5.97 Å². The van der Waals surface area contributed by atoms with Crippen molar-refractivity contribution in [2.24, 2.45) is 5.92 Å². The number of carbonyl (C=O) groups is 2. The van der Waals surface area contributed by atoms with Crippen molar-refractivity contribution in [2.45, 2.75) is 19.9 Å². The van der Waals surface area contributed by atoms with Gasteiger partial charge in [-0.05, 0) is 27.9 Å². The van der Waals surface area contributed by atoms with Gasteiger partial charge < -0.3 is 25.0 Å². The van der Waals surface area contributed by atoms with E-state index in [4.69, 9.17) is 9.47 Å². The van der Waals surface area contributed by atoms with Crippen molar-refractivity contribution in [3.63, 3.8) is 0 Å². The van der Waals surface area contributed by atoms with Gasteiger partial charge in [-0.2, -0.15) is 0 Å². The van der Waals surface area contributed by atoms with Gasteiger partial charge in [-0.15, -0.1) is 0 Å². The van der Waals surface area contributed by atoms with Crippen molar-refractivity contribution < 1.29 is 29.3 Å². The minimum absolute atomic E-state index is 0.0519. The van der Waals surface area contributed by atoms with Crippen molar-refractivity contribution >= 4 is 27.7 Å². The molecule has 1 atom stereocenters. The van der Waals surface area contributed by atoms with Crippen LogP contribution in [0.4, 0.5) is 0 Å². The molecular formula is C17H22BrNO6. The van der Waals surface area contributed by atoms with E-state index >= 15 is 0 Å². The third-order valence-corrected chi connectivity index (χ3v) is 4.26. The molecule has 138 valence electrons. The number of methoxy groups -OCH3 is 2. The number of ether oxygens (including phenoxy) is 2. The van der Waals surface area contributed by atoms with Crippen molar-refractivity contribution in [3.8, 4) is 11.5 Å². The first kappa shape index (κ1) is 21.0. The minimum Gasteiger partial charge on any atom is -0.496 e. The number of aliphatic hydroxyl groups is 1. The number of benzene rings is 1. The van der Waals surface area contributed by atoms with Gasteiger partial charge in [-0.3, -0.25) is 4.79 Å². The SMILES string of the molecule is COc1cc(OC)c(C(=O)/C(=C\NC(CO)C(C)C)C(=O)O)cc1Br. The highest BCUT2D eigenvalue weighted by atomic mass is 79.9. The predicted molar refractivity (Wildman–Crippen MR) is 96.1 cm³/mol. The third-order valence-electron chi connectivity index (χ3n) is 3.64. The van der Waals surface area contributed by atoms with Crippen LogP contribution in [0, 0.1) is 5.92 Å². The molecule has 0 aliphatic heterocycles. The summed E-state index contributed by atoms with van der Waals surface area (Å²) in [4.78, 5) is 24.2. The van der Waals surface area contributed by atoms with Crippen LogP contribution in [0.5, 0.6) is 11.5 Å². The van der Waals surface area contributed by atoms with Crippen LogP contribution in [-0.2, 0) is 4.79 Å². The summed E-state index contributed by atoms with van der Waals surface area (Å²) in [7, 11) is 2.84. The number of hydrogen-bond acceptors (Lipinski definition) is 6. The molecule has 3 N–H and O–H groups in total. The Labute approximate surface area is 154 Å². The topological polar surface area (TPSA) is 105 Å².